The second-order valence-corrected chi connectivity index (χ2v) is 4.42. The smallest absolute Gasteiger partial charge is 0.133 e. The average molecular weight is 168 g/mol. The summed E-state index contributed by atoms with van der Waals surface area (Å²) in [5, 5.41) is 0. The fourth-order valence-corrected chi connectivity index (χ4v) is 3.03. The minimum atomic E-state index is 0.172. The van der Waals surface area contributed by atoms with Crippen molar-refractivity contribution in [2.45, 2.75) is 38.7 Å². The van der Waals surface area contributed by atoms with E-state index in [0.29, 0.717) is 17.8 Å². The Morgan fingerprint density at radius 1 is 1.50 bits per heavy atom. The van der Waals surface area contributed by atoms with E-state index in [-0.39, 0.29) is 5.41 Å². The van der Waals surface area contributed by atoms with Crippen molar-refractivity contribution < 1.29 is 9.53 Å². The summed E-state index contributed by atoms with van der Waals surface area (Å²) in [5.41, 5.74) is 0.172. The van der Waals surface area contributed by atoms with Gasteiger partial charge in [0.25, 0.3) is 0 Å². The van der Waals surface area contributed by atoms with Crippen molar-refractivity contribution in [2.24, 2.45) is 11.3 Å². The van der Waals surface area contributed by atoms with E-state index in [1.54, 1.807) is 7.11 Å². The normalized spacial score (nSPS) is 46.7. The summed E-state index contributed by atoms with van der Waals surface area (Å²) in [5.74, 6) is 1.04. The summed E-state index contributed by atoms with van der Waals surface area (Å²) in [6, 6.07) is 0. The van der Waals surface area contributed by atoms with Crippen LogP contribution < -0.4 is 0 Å². The van der Waals surface area contributed by atoms with Crippen LogP contribution in [0.4, 0.5) is 0 Å². The first-order chi connectivity index (χ1) is 5.66. The SMILES string of the molecule is CO[C@@H]1CC[C@@H]2CC(=O)C[C@@]21C. The number of Topliss-reactive ketones (excluding diaryl/α,β-unsaturated/α-hetero) is 1. The highest BCUT2D eigenvalue weighted by Gasteiger charge is 2.52. The molecule has 0 bridgehead atoms. The maximum absolute atomic E-state index is 11.3. The molecule has 0 saturated heterocycles. The molecule has 2 saturated carbocycles. The predicted octanol–water partition coefficient (Wildman–Crippen LogP) is 1.78. The molecule has 0 N–H and O–H groups in total. The van der Waals surface area contributed by atoms with Crippen molar-refractivity contribution in [3.8, 4) is 0 Å². The van der Waals surface area contributed by atoms with Crippen LogP contribution in [0.25, 0.3) is 0 Å². The highest BCUT2D eigenvalue weighted by atomic mass is 16.5. The zero-order chi connectivity index (χ0) is 8.77. The van der Waals surface area contributed by atoms with Gasteiger partial charge in [-0.3, -0.25) is 4.79 Å². The number of hydrogen-bond donors (Lipinski definition) is 0. The number of carbonyl (C=O) groups is 1. The van der Waals surface area contributed by atoms with E-state index in [0.717, 1.165) is 19.3 Å². The van der Waals surface area contributed by atoms with Gasteiger partial charge in [-0.1, -0.05) is 6.92 Å². The molecule has 2 heteroatoms. The van der Waals surface area contributed by atoms with Crippen LogP contribution in [0.5, 0.6) is 0 Å². The molecule has 0 aromatic carbocycles. The molecule has 2 aliphatic rings. The lowest BCUT2D eigenvalue weighted by atomic mass is 9.81. The molecule has 0 heterocycles. The number of ketones is 1. The Kier molecular flexibility index (Phi) is 1.76. The summed E-state index contributed by atoms with van der Waals surface area (Å²) in [4.78, 5) is 11.3. The molecule has 0 amide bonds. The Labute approximate surface area is 73.3 Å². The Balaban J connectivity index is 2.21. The van der Waals surface area contributed by atoms with Gasteiger partial charge in [0.15, 0.2) is 0 Å². The third-order valence-electron chi connectivity index (χ3n) is 3.78. The second-order valence-electron chi connectivity index (χ2n) is 4.42. The Bertz CT molecular complexity index is 212. The highest BCUT2D eigenvalue weighted by Crippen LogP contribution is 2.53. The van der Waals surface area contributed by atoms with Crippen LogP contribution >= 0.6 is 0 Å². The van der Waals surface area contributed by atoms with Crippen LogP contribution in [0.3, 0.4) is 0 Å². The number of ether oxygens (including phenoxy) is 1. The second kappa shape index (κ2) is 2.56. The van der Waals surface area contributed by atoms with Crippen LogP contribution in [0.1, 0.15) is 32.6 Å². The summed E-state index contributed by atoms with van der Waals surface area (Å²) in [6.07, 6.45) is 4.20. The van der Waals surface area contributed by atoms with E-state index in [4.69, 9.17) is 4.74 Å². The fraction of sp³-hybridized carbons (Fsp3) is 0.900. The number of rotatable bonds is 1. The van der Waals surface area contributed by atoms with Crippen LogP contribution in [0.2, 0.25) is 0 Å². The van der Waals surface area contributed by atoms with Crippen LogP contribution in [-0.2, 0) is 9.53 Å². The molecule has 12 heavy (non-hydrogen) atoms. The van der Waals surface area contributed by atoms with Crippen molar-refractivity contribution in [3.63, 3.8) is 0 Å². The van der Waals surface area contributed by atoms with Crippen LogP contribution in [0.15, 0.2) is 0 Å². The van der Waals surface area contributed by atoms with E-state index >= 15 is 0 Å². The highest BCUT2D eigenvalue weighted by molar-refractivity contribution is 5.82. The number of hydrogen-bond acceptors (Lipinski definition) is 2. The quantitative estimate of drug-likeness (QED) is 0.596. The first kappa shape index (κ1) is 8.24. The molecule has 0 unspecified atom stereocenters. The van der Waals surface area contributed by atoms with Crippen molar-refractivity contribution >= 4 is 5.78 Å². The molecule has 0 aliphatic heterocycles. The predicted molar refractivity (Wildman–Crippen MR) is 45.9 cm³/mol. The minimum absolute atomic E-state index is 0.172. The first-order valence-electron chi connectivity index (χ1n) is 4.71. The lowest BCUT2D eigenvalue weighted by Crippen LogP contribution is -2.30. The van der Waals surface area contributed by atoms with Gasteiger partial charge in [-0.05, 0) is 18.8 Å². The maximum Gasteiger partial charge on any atom is 0.133 e. The van der Waals surface area contributed by atoms with Crippen molar-refractivity contribution in [2.75, 3.05) is 7.11 Å². The molecule has 68 valence electrons. The lowest BCUT2D eigenvalue weighted by molar-refractivity contribution is -0.118. The maximum atomic E-state index is 11.3. The monoisotopic (exact) mass is 168 g/mol. The molecular formula is C10H16O2. The molecule has 2 nitrogen and oxygen atoms in total. The van der Waals surface area contributed by atoms with Crippen LogP contribution in [0, 0.1) is 11.3 Å². The van der Waals surface area contributed by atoms with Gasteiger partial charge in [-0.15, -0.1) is 0 Å². The van der Waals surface area contributed by atoms with Gasteiger partial charge in [0, 0.05) is 25.4 Å². The van der Waals surface area contributed by atoms with E-state index in [1.165, 1.54) is 6.42 Å². The molecule has 2 aliphatic carbocycles. The third-order valence-corrected chi connectivity index (χ3v) is 3.78. The summed E-state index contributed by atoms with van der Waals surface area (Å²) >= 11 is 0. The zero-order valence-electron chi connectivity index (χ0n) is 7.80. The van der Waals surface area contributed by atoms with Gasteiger partial charge in [-0.25, -0.2) is 0 Å². The average Bonchev–Trinajstić information content (AvgIpc) is 2.41. The van der Waals surface area contributed by atoms with E-state index in [2.05, 4.69) is 6.92 Å². The van der Waals surface area contributed by atoms with Gasteiger partial charge < -0.3 is 4.74 Å². The number of methoxy groups -OCH3 is 1. The fourth-order valence-electron chi connectivity index (χ4n) is 3.03. The van der Waals surface area contributed by atoms with E-state index in [1.807, 2.05) is 0 Å². The van der Waals surface area contributed by atoms with Gasteiger partial charge in [0.05, 0.1) is 6.10 Å². The number of carbonyl (C=O) groups excluding carboxylic acids is 1. The molecule has 0 spiro atoms. The largest absolute Gasteiger partial charge is 0.381 e. The minimum Gasteiger partial charge on any atom is -0.381 e. The molecule has 0 aromatic heterocycles. The summed E-state index contributed by atoms with van der Waals surface area (Å²) in [6.45, 7) is 2.21. The van der Waals surface area contributed by atoms with E-state index in [9.17, 15) is 4.79 Å². The first-order valence-corrected chi connectivity index (χ1v) is 4.71. The molecule has 0 aromatic rings. The molecular weight excluding hydrogens is 152 g/mol. The van der Waals surface area contributed by atoms with Crippen molar-refractivity contribution in [1.82, 2.24) is 0 Å². The van der Waals surface area contributed by atoms with Crippen LogP contribution in [-0.4, -0.2) is 19.0 Å². The summed E-state index contributed by atoms with van der Waals surface area (Å²) < 4.78 is 5.42. The molecule has 0 radical (unpaired) electrons. The standard InChI is InChI=1S/C10H16O2/c1-10-6-8(11)5-7(10)3-4-9(10)12-2/h7,9H,3-6H2,1-2H3/t7-,9-,10+/m1/s1. The van der Waals surface area contributed by atoms with Gasteiger partial charge >= 0.3 is 0 Å². The topological polar surface area (TPSA) is 26.3 Å². The summed E-state index contributed by atoms with van der Waals surface area (Å²) in [7, 11) is 1.76. The molecule has 3 atom stereocenters. The Morgan fingerprint density at radius 3 is 2.92 bits per heavy atom. The Morgan fingerprint density at radius 2 is 2.25 bits per heavy atom. The van der Waals surface area contributed by atoms with Gasteiger partial charge in [0.1, 0.15) is 5.78 Å². The van der Waals surface area contributed by atoms with E-state index < -0.39 is 0 Å². The Hall–Kier alpha value is -0.370. The lowest BCUT2D eigenvalue weighted by Gasteiger charge is -2.29. The molecule has 2 fully saturated rings. The molecule has 2 rings (SSSR count). The van der Waals surface area contributed by atoms with Crippen molar-refractivity contribution in [1.29, 1.82) is 0 Å². The van der Waals surface area contributed by atoms with Gasteiger partial charge in [0.2, 0.25) is 0 Å². The zero-order valence-corrected chi connectivity index (χ0v) is 7.80. The van der Waals surface area contributed by atoms with Gasteiger partial charge in [-0.2, -0.15) is 0 Å². The number of fused-ring (bicyclic) bond motifs is 1. The third kappa shape index (κ3) is 0.939. The van der Waals surface area contributed by atoms with Crippen molar-refractivity contribution in [3.05, 3.63) is 0 Å².